The van der Waals surface area contributed by atoms with Gasteiger partial charge in [-0.2, -0.15) is 0 Å². The van der Waals surface area contributed by atoms with Crippen LogP contribution in [0, 0.1) is 17.3 Å². The molecule has 0 aromatic rings. The second-order valence-corrected chi connectivity index (χ2v) is 10.2. The Kier molecular flexibility index (Phi) is 11.6. The van der Waals surface area contributed by atoms with E-state index < -0.39 is 41.8 Å². The van der Waals surface area contributed by atoms with Crippen LogP contribution < -0.4 is 0 Å². The third-order valence-corrected chi connectivity index (χ3v) is 7.95. The van der Waals surface area contributed by atoms with Gasteiger partial charge in [0.1, 0.15) is 0 Å². The highest BCUT2D eigenvalue weighted by Gasteiger charge is 2.57. The second-order valence-electron chi connectivity index (χ2n) is 10.2. The average molecular weight is 547 g/mol. The molecule has 4 aliphatic rings. The van der Waals surface area contributed by atoms with E-state index in [1.807, 2.05) is 0 Å². The van der Waals surface area contributed by atoms with Crippen LogP contribution in [0.3, 0.4) is 0 Å². The Morgan fingerprint density at radius 2 is 1.03 bits per heavy atom. The molecule has 2 atom stereocenters. The van der Waals surface area contributed by atoms with Gasteiger partial charge in [0.25, 0.3) is 0 Å². The molecule has 12 nitrogen and oxygen atoms in total. The van der Waals surface area contributed by atoms with Crippen LogP contribution in [0.2, 0.25) is 0 Å². The van der Waals surface area contributed by atoms with Gasteiger partial charge in [-0.15, -0.1) is 0 Å². The molecule has 4 saturated heterocycles. The predicted octanol–water partition coefficient (Wildman–Crippen LogP) is 2.38. The van der Waals surface area contributed by atoms with E-state index in [2.05, 4.69) is 0 Å². The molecule has 2 N–H and O–H groups in total. The van der Waals surface area contributed by atoms with Crippen LogP contribution in [0.1, 0.15) is 57.8 Å². The highest BCUT2D eigenvalue weighted by Crippen LogP contribution is 2.51. The normalized spacial score (nSPS) is 25.2. The monoisotopic (exact) mass is 546 g/mol. The number of carboxylic acid groups (broad SMARTS) is 2. The Hall–Kier alpha value is -1.38. The van der Waals surface area contributed by atoms with Crippen LogP contribution in [-0.2, 0) is 47.5 Å². The molecule has 4 fully saturated rings. The summed E-state index contributed by atoms with van der Waals surface area (Å²) in [6.45, 7) is 3.68. The van der Waals surface area contributed by atoms with E-state index in [-0.39, 0.29) is 31.8 Å². The van der Waals surface area contributed by atoms with Gasteiger partial charge >= 0.3 is 11.9 Å². The lowest BCUT2D eigenvalue weighted by Crippen LogP contribution is -2.53. The van der Waals surface area contributed by atoms with Gasteiger partial charge in [-0.05, 0) is 51.4 Å². The first-order chi connectivity index (χ1) is 18.5. The highest BCUT2D eigenvalue weighted by atomic mass is 16.7. The van der Waals surface area contributed by atoms with Gasteiger partial charge in [0.2, 0.25) is 0 Å². The van der Waals surface area contributed by atoms with Crippen LogP contribution in [0.4, 0.5) is 0 Å². The molecular formula is C26H42O12. The van der Waals surface area contributed by atoms with Crippen molar-refractivity contribution >= 4 is 11.9 Å². The van der Waals surface area contributed by atoms with Crippen LogP contribution in [0.5, 0.6) is 0 Å². The van der Waals surface area contributed by atoms with Crippen molar-refractivity contribution in [2.75, 3.05) is 52.9 Å². The van der Waals surface area contributed by atoms with Crippen molar-refractivity contribution in [2.45, 2.75) is 82.9 Å². The predicted molar refractivity (Wildman–Crippen MR) is 129 cm³/mol. The van der Waals surface area contributed by atoms with Gasteiger partial charge in [-0.1, -0.05) is 0 Å². The topological polar surface area (TPSA) is 148 Å². The Morgan fingerprint density at radius 1 is 0.632 bits per heavy atom. The summed E-state index contributed by atoms with van der Waals surface area (Å²) in [4.78, 5) is 24.9. The summed E-state index contributed by atoms with van der Waals surface area (Å²) in [7, 11) is 0. The number of carboxylic acids is 2. The lowest BCUT2D eigenvalue weighted by atomic mass is 9.60. The molecule has 0 saturated carbocycles. The lowest BCUT2D eigenvalue weighted by Gasteiger charge is -2.46. The van der Waals surface area contributed by atoms with E-state index in [1.54, 1.807) is 0 Å². The lowest BCUT2D eigenvalue weighted by molar-refractivity contribution is -0.207. The largest absolute Gasteiger partial charge is 0.481 e. The summed E-state index contributed by atoms with van der Waals surface area (Å²) in [5, 5.41) is 20.4. The van der Waals surface area contributed by atoms with E-state index in [0.717, 1.165) is 0 Å². The van der Waals surface area contributed by atoms with Crippen molar-refractivity contribution < 1.29 is 57.7 Å². The number of aliphatic carboxylic acids is 2. The summed E-state index contributed by atoms with van der Waals surface area (Å²) >= 11 is 0. The zero-order chi connectivity index (χ0) is 26.8. The zero-order valence-electron chi connectivity index (χ0n) is 22.0. The van der Waals surface area contributed by atoms with Crippen LogP contribution in [0.15, 0.2) is 0 Å². The molecule has 0 aromatic heterocycles. The molecule has 0 aromatic carbocycles. The van der Waals surface area contributed by atoms with Crippen molar-refractivity contribution in [1.82, 2.24) is 0 Å². The molecule has 4 rings (SSSR count). The summed E-state index contributed by atoms with van der Waals surface area (Å²) in [6.07, 6.45) is 1.56. The molecule has 0 aliphatic carbocycles. The standard InChI is InChI=1S/C26H42O12/c27-20(28)6-3-9-26(25(29)30,18(23-35-14-15-36-23)4-1-7-21-31-10-11-32-21)19(24-37-16-17-38-24)5-2-8-22-33-12-13-34-22/h18-19,21-24H,1-17H2,(H,27,28)(H,29,30). The number of ether oxygens (including phenoxy) is 8. The van der Waals surface area contributed by atoms with Crippen LogP contribution >= 0.6 is 0 Å². The minimum Gasteiger partial charge on any atom is -0.481 e. The summed E-state index contributed by atoms with van der Waals surface area (Å²) < 4.78 is 46.1. The smallest absolute Gasteiger partial charge is 0.310 e. The zero-order valence-corrected chi connectivity index (χ0v) is 22.0. The molecular weight excluding hydrogens is 504 g/mol. The van der Waals surface area contributed by atoms with Crippen molar-refractivity contribution in [1.29, 1.82) is 0 Å². The number of hydrogen-bond donors (Lipinski definition) is 2. The first kappa shape index (κ1) is 29.6. The van der Waals surface area contributed by atoms with Gasteiger partial charge < -0.3 is 48.1 Å². The Balaban J connectivity index is 1.61. The molecule has 0 radical (unpaired) electrons. The van der Waals surface area contributed by atoms with Crippen molar-refractivity contribution in [3.63, 3.8) is 0 Å². The first-order valence-electron chi connectivity index (χ1n) is 13.9. The molecule has 4 aliphatic heterocycles. The summed E-state index contributed by atoms with van der Waals surface area (Å²) in [6, 6.07) is 0. The molecule has 12 heteroatoms. The van der Waals surface area contributed by atoms with Gasteiger partial charge in [0.05, 0.1) is 58.3 Å². The van der Waals surface area contributed by atoms with E-state index in [4.69, 9.17) is 37.9 Å². The third-order valence-electron chi connectivity index (χ3n) is 7.95. The quantitative estimate of drug-likeness (QED) is 0.276. The van der Waals surface area contributed by atoms with Crippen LogP contribution in [-0.4, -0.2) is 100 Å². The molecule has 0 amide bonds. The van der Waals surface area contributed by atoms with E-state index >= 15 is 0 Å². The Morgan fingerprint density at radius 3 is 1.39 bits per heavy atom. The average Bonchev–Trinajstić information content (AvgIpc) is 3.70. The molecule has 4 heterocycles. The molecule has 2 unspecified atom stereocenters. The van der Waals surface area contributed by atoms with E-state index in [9.17, 15) is 19.8 Å². The van der Waals surface area contributed by atoms with Crippen molar-refractivity contribution in [2.24, 2.45) is 17.3 Å². The number of rotatable bonds is 17. The number of carbonyl (C=O) groups is 2. The van der Waals surface area contributed by atoms with Gasteiger partial charge in [0, 0.05) is 18.3 Å². The SMILES string of the molecule is O=C(O)CCCC(C(=O)O)(C(CCCC1OCCO1)C1OCCO1)C(CCCC1OCCO1)C1OCCO1. The second kappa shape index (κ2) is 14.8. The van der Waals surface area contributed by atoms with E-state index in [1.165, 1.54) is 0 Å². The fourth-order valence-electron chi connectivity index (χ4n) is 6.25. The third kappa shape index (κ3) is 7.63. The maximum atomic E-state index is 13.5. The number of hydrogen-bond acceptors (Lipinski definition) is 10. The molecule has 218 valence electrons. The Bertz CT molecular complexity index is 682. The summed E-state index contributed by atoms with van der Waals surface area (Å²) in [5.74, 6) is -3.10. The fraction of sp³-hybridized carbons (Fsp3) is 0.923. The fourth-order valence-corrected chi connectivity index (χ4v) is 6.25. The summed E-state index contributed by atoms with van der Waals surface area (Å²) in [5.41, 5.74) is -1.41. The highest BCUT2D eigenvalue weighted by molar-refractivity contribution is 5.76. The van der Waals surface area contributed by atoms with Crippen molar-refractivity contribution in [3.05, 3.63) is 0 Å². The maximum absolute atomic E-state index is 13.5. The van der Waals surface area contributed by atoms with Crippen molar-refractivity contribution in [3.8, 4) is 0 Å². The first-order valence-corrected chi connectivity index (χ1v) is 13.9. The van der Waals surface area contributed by atoms with Crippen LogP contribution in [0.25, 0.3) is 0 Å². The molecule has 38 heavy (non-hydrogen) atoms. The molecule has 0 spiro atoms. The van der Waals surface area contributed by atoms with Gasteiger partial charge in [-0.3, -0.25) is 9.59 Å². The van der Waals surface area contributed by atoms with E-state index in [0.29, 0.717) is 91.4 Å². The van der Waals surface area contributed by atoms with Gasteiger partial charge in [-0.25, -0.2) is 0 Å². The maximum Gasteiger partial charge on any atom is 0.310 e. The molecule has 0 bridgehead atoms. The Labute approximate surface area is 223 Å². The minimum atomic E-state index is -1.41. The van der Waals surface area contributed by atoms with Gasteiger partial charge in [0.15, 0.2) is 25.2 Å². The minimum absolute atomic E-state index is 0.128.